The Kier molecular flexibility index (Phi) is 10.0. The molecule has 1 aromatic carbocycles. The number of ether oxygens (including phenoxy) is 1. The van der Waals surface area contributed by atoms with Crippen LogP contribution in [0.1, 0.15) is 66.0 Å². The average molecular weight is 555 g/mol. The molecular formula is C30H42N4O4S. The predicted octanol–water partition coefficient (Wildman–Crippen LogP) is 4.02. The first-order valence-corrected chi connectivity index (χ1v) is 15.0. The number of carbonyl (C=O) groups is 3. The molecule has 2 aromatic rings. The van der Waals surface area contributed by atoms with Crippen LogP contribution in [0.15, 0.2) is 41.8 Å². The highest BCUT2D eigenvalue weighted by atomic mass is 32.1. The Morgan fingerprint density at radius 2 is 1.87 bits per heavy atom. The minimum absolute atomic E-state index is 0.101. The molecule has 0 bridgehead atoms. The molecule has 4 atom stereocenters. The number of benzene rings is 1. The van der Waals surface area contributed by atoms with Gasteiger partial charge >= 0.3 is 0 Å². The van der Waals surface area contributed by atoms with Crippen molar-refractivity contribution in [1.82, 2.24) is 15.1 Å². The Morgan fingerprint density at radius 3 is 2.51 bits per heavy atom. The lowest BCUT2D eigenvalue weighted by Crippen LogP contribution is -2.47. The highest BCUT2D eigenvalue weighted by Crippen LogP contribution is 2.30. The van der Waals surface area contributed by atoms with E-state index >= 15 is 0 Å². The summed E-state index contributed by atoms with van der Waals surface area (Å²) in [6.45, 7) is 6.28. The molecule has 2 fully saturated rings. The number of amides is 3. The van der Waals surface area contributed by atoms with Gasteiger partial charge in [0.2, 0.25) is 5.91 Å². The Hall–Kier alpha value is -2.91. The molecular weight excluding hydrogens is 512 g/mol. The molecule has 4 unspecified atom stereocenters. The number of methoxy groups -OCH3 is 1. The number of rotatable bonds is 10. The largest absolute Gasteiger partial charge is 0.497 e. The van der Waals surface area contributed by atoms with Crippen LogP contribution in [0.2, 0.25) is 0 Å². The number of nitrogens with two attached hydrogens (primary N) is 1. The van der Waals surface area contributed by atoms with Crippen LogP contribution >= 0.6 is 11.3 Å². The number of nitrogens with one attached hydrogen (secondary N) is 1. The smallest absolute Gasteiger partial charge is 0.264 e. The summed E-state index contributed by atoms with van der Waals surface area (Å²) in [7, 11) is 1.59. The van der Waals surface area contributed by atoms with Crippen molar-refractivity contribution in [2.45, 2.75) is 58.0 Å². The van der Waals surface area contributed by atoms with E-state index in [9.17, 15) is 14.4 Å². The van der Waals surface area contributed by atoms with Crippen molar-refractivity contribution in [2.75, 3.05) is 33.3 Å². The fraction of sp³-hybridized carbons (Fsp3) is 0.567. The minimum atomic E-state index is -0.628. The molecule has 1 saturated carbocycles. The summed E-state index contributed by atoms with van der Waals surface area (Å²) in [5.41, 5.74) is 6.47. The quantitative estimate of drug-likeness (QED) is 0.462. The summed E-state index contributed by atoms with van der Waals surface area (Å²) >= 11 is 1.37. The number of thiophene rings is 1. The molecule has 2 aliphatic rings. The van der Waals surface area contributed by atoms with Crippen molar-refractivity contribution in [1.29, 1.82) is 0 Å². The van der Waals surface area contributed by atoms with Gasteiger partial charge in [-0.05, 0) is 85.7 Å². The number of likely N-dealkylation sites (tertiary alicyclic amines) is 1. The van der Waals surface area contributed by atoms with Crippen LogP contribution in [0.3, 0.4) is 0 Å². The highest BCUT2D eigenvalue weighted by Gasteiger charge is 2.43. The Labute approximate surface area is 235 Å². The van der Waals surface area contributed by atoms with Gasteiger partial charge in [-0.25, -0.2) is 0 Å². The lowest BCUT2D eigenvalue weighted by atomic mass is 9.81. The molecule has 1 aliphatic heterocycles. The maximum Gasteiger partial charge on any atom is 0.264 e. The Morgan fingerprint density at radius 1 is 1.13 bits per heavy atom. The van der Waals surface area contributed by atoms with E-state index in [1.165, 1.54) is 11.3 Å². The van der Waals surface area contributed by atoms with Crippen molar-refractivity contribution < 1.29 is 19.1 Å². The van der Waals surface area contributed by atoms with Crippen molar-refractivity contribution in [2.24, 2.45) is 23.5 Å². The molecule has 9 heteroatoms. The lowest BCUT2D eigenvalue weighted by Gasteiger charge is -2.30. The molecule has 4 rings (SSSR count). The number of carbonyl (C=O) groups excluding carboxylic acids is 3. The Balaban J connectivity index is 1.53. The minimum Gasteiger partial charge on any atom is -0.497 e. The van der Waals surface area contributed by atoms with E-state index in [1.54, 1.807) is 42.3 Å². The third-order valence-electron chi connectivity index (χ3n) is 7.96. The predicted molar refractivity (Wildman–Crippen MR) is 154 cm³/mol. The molecule has 3 N–H and O–H groups in total. The van der Waals surface area contributed by atoms with Crippen molar-refractivity contribution >= 4 is 29.1 Å². The second-order valence-electron chi connectivity index (χ2n) is 11.3. The number of hydrogen-bond acceptors (Lipinski definition) is 6. The van der Waals surface area contributed by atoms with Gasteiger partial charge in [0.15, 0.2) is 0 Å². The summed E-state index contributed by atoms with van der Waals surface area (Å²) in [4.78, 5) is 44.9. The van der Waals surface area contributed by atoms with Gasteiger partial charge in [0.1, 0.15) is 11.8 Å². The van der Waals surface area contributed by atoms with Gasteiger partial charge in [-0.15, -0.1) is 11.3 Å². The number of hydrogen-bond donors (Lipinski definition) is 2. The fourth-order valence-electron chi connectivity index (χ4n) is 5.91. The lowest BCUT2D eigenvalue weighted by molar-refractivity contribution is -0.125. The summed E-state index contributed by atoms with van der Waals surface area (Å²) in [6.07, 6.45) is 4.81. The maximum absolute atomic E-state index is 13.7. The van der Waals surface area contributed by atoms with Crippen molar-refractivity contribution in [3.05, 3.63) is 52.2 Å². The van der Waals surface area contributed by atoms with Gasteiger partial charge in [0.05, 0.1) is 18.0 Å². The van der Waals surface area contributed by atoms with Crippen LogP contribution in [0.25, 0.3) is 0 Å². The van der Waals surface area contributed by atoms with E-state index in [0.29, 0.717) is 60.6 Å². The van der Waals surface area contributed by atoms with Gasteiger partial charge in [0.25, 0.3) is 11.8 Å². The first-order chi connectivity index (χ1) is 18.8. The molecule has 212 valence electrons. The van der Waals surface area contributed by atoms with Crippen LogP contribution in [0.4, 0.5) is 0 Å². The van der Waals surface area contributed by atoms with E-state index < -0.39 is 6.04 Å². The standard InChI is InChI=1S/C30H42N4O4S/c1-20(2)18-33(29(36)23-9-11-25(38-3)12-10-23)24-15-26(34(19-24)30(37)27-8-5-13-39-27)28(35)32-17-22-7-4-6-21(14-22)16-31/h5,8-13,20-22,24,26H,4,6-7,14-19,31H2,1-3H3,(H,32,35). The second-order valence-corrected chi connectivity index (χ2v) is 12.2. The molecule has 1 saturated heterocycles. The second kappa shape index (κ2) is 13.4. The van der Waals surface area contributed by atoms with Crippen molar-refractivity contribution in [3.63, 3.8) is 0 Å². The van der Waals surface area contributed by atoms with E-state index in [-0.39, 0.29) is 29.7 Å². The highest BCUT2D eigenvalue weighted by molar-refractivity contribution is 7.12. The monoisotopic (exact) mass is 554 g/mol. The zero-order valence-corrected chi connectivity index (χ0v) is 24.1. The molecule has 1 aromatic heterocycles. The zero-order valence-electron chi connectivity index (χ0n) is 23.3. The first kappa shape index (κ1) is 29.1. The first-order valence-electron chi connectivity index (χ1n) is 14.1. The number of nitrogens with zero attached hydrogens (tertiary/aromatic N) is 2. The van der Waals surface area contributed by atoms with Crippen LogP contribution in [-0.4, -0.2) is 72.9 Å². The summed E-state index contributed by atoms with van der Waals surface area (Å²) in [5.74, 6) is 1.43. The summed E-state index contributed by atoms with van der Waals surface area (Å²) in [6, 6.07) is 9.82. The summed E-state index contributed by atoms with van der Waals surface area (Å²) in [5, 5.41) is 5.02. The maximum atomic E-state index is 13.7. The molecule has 0 radical (unpaired) electrons. The third-order valence-corrected chi connectivity index (χ3v) is 8.82. The molecule has 0 spiro atoms. The fourth-order valence-corrected chi connectivity index (χ4v) is 6.59. The van der Waals surface area contributed by atoms with Gasteiger partial charge < -0.3 is 25.6 Å². The van der Waals surface area contributed by atoms with Gasteiger partial charge in [-0.3, -0.25) is 14.4 Å². The van der Waals surface area contributed by atoms with Crippen LogP contribution in [0.5, 0.6) is 5.75 Å². The van der Waals surface area contributed by atoms with Crippen LogP contribution in [-0.2, 0) is 4.79 Å². The molecule has 8 nitrogen and oxygen atoms in total. The zero-order chi connectivity index (χ0) is 27.9. The average Bonchev–Trinajstić information content (AvgIpc) is 3.65. The third kappa shape index (κ3) is 7.19. The molecule has 1 aliphatic carbocycles. The van der Waals surface area contributed by atoms with Gasteiger partial charge in [-0.2, -0.15) is 0 Å². The Bertz CT molecular complexity index is 1100. The van der Waals surface area contributed by atoms with E-state index in [2.05, 4.69) is 19.2 Å². The van der Waals surface area contributed by atoms with Gasteiger partial charge in [0, 0.05) is 25.2 Å². The topological polar surface area (TPSA) is 105 Å². The SMILES string of the molecule is COc1ccc(C(=O)N(CC(C)C)C2CC(C(=O)NCC3CCCC(CN)C3)N(C(=O)c3cccs3)C2)cc1. The molecule has 3 amide bonds. The molecule has 39 heavy (non-hydrogen) atoms. The molecule has 2 heterocycles. The van der Waals surface area contributed by atoms with E-state index in [1.807, 2.05) is 16.3 Å². The van der Waals surface area contributed by atoms with E-state index in [0.717, 1.165) is 25.7 Å². The summed E-state index contributed by atoms with van der Waals surface area (Å²) < 4.78 is 5.25. The van der Waals surface area contributed by atoms with E-state index in [4.69, 9.17) is 10.5 Å². The van der Waals surface area contributed by atoms with Crippen molar-refractivity contribution in [3.8, 4) is 5.75 Å². The normalized spacial score (nSPS) is 23.1. The van der Waals surface area contributed by atoms with Gasteiger partial charge in [-0.1, -0.05) is 26.3 Å². The van der Waals surface area contributed by atoms with Crippen LogP contribution < -0.4 is 15.8 Å². The van der Waals surface area contributed by atoms with Crippen LogP contribution in [0, 0.1) is 17.8 Å².